The van der Waals surface area contributed by atoms with E-state index in [1.807, 2.05) is 7.05 Å². The first-order valence-electron chi connectivity index (χ1n) is 6.59. The largest absolute Gasteiger partial charge is 0.354 e. The summed E-state index contributed by atoms with van der Waals surface area (Å²) in [6.45, 7) is 2.47. The second-order valence-corrected chi connectivity index (χ2v) is 5.35. The quantitative estimate of drug-likeness (QED) is 0.541. The molecule has 0 spiro atoms. The van der Waals surface area contributed by atoms with Crippen molar-refractivity contribution in [2.24, 2.45) is 4.99 Å². The second-order valence-electron chi connectivity index (χ2n) is 5.35. The molecule has 0 aromatic heterocycles. The van der Waals surface area contributed by atoms with Crippen LogP contribution < -0.4 is 10.6 Å². The zero-order chi connectivity index (χ0) is 11.0. The first-order chi connectivity index (χ1) is 7.85. The van der Waals surface area contributed by atoms with E-state index in [9.17, 15) is 0 Å². The van der Waals surface area contributed by atoms with E-state index in [0.717, 1.165) is 12.0 Å². The van der Waals surface area contributed by atoms with Crippen molar-refractivity contribution in [2.75, 3.05) is 20.1 Å². The molecule has 4 heteroatoms. The molecule has 0 aromatic rings. The van der Waals surface area contributed by atoms with Gasteiger partial charge >= 0.3 is 0 Å². The van der Waals surface area contributed by atoms with Gasteiger partial charge < -0.3 is 10.6 Å². The molecule has 2 aliphatic carbocycles. The fourth-order valence-corrected chi connectivity index (χ4v) is 2.46. The molecular formula is C12H22N4. The number of hydrogen-bond acceptors (Lipinski definition) is 2. The molecule has 1 atom stereocenters. The molecular weight excluding hydrogens is 200 g/mol. The highest BCUT2D eigenvalue weighted by molar-refractivity contribution is 5.80. The minimum Gasteiger partial charge on any atom is -0.354 e. The molecule has 0 radical (unpaired) electrons. The maximum Gasteiger partial charge on any atom is 0.191 e. The average Bonchev–Trinajstić information content (AvgIpc) is 3.19. The van der Waals surface area contributed by atoms with Crippen LogP contribution in [-0.2, 0) is 0 Å². The topological polar surface area (TPSA) is 39.7 Å². The fourth-order valence-electron chi connectivity index (χ4n) is 2.46. The van der Waals surface area contributed by atoms with Crippen LogP contribution in [0.1, 0.15) is 32.1 Å². The van der Waals surface area contributed by atoms with Crippen molar-refractivity contribution in [1.82, 2.24) is 15.5 Å². The lowest BCUT2D eigenvalue weighted by molar-refractivity contribution is 0.321. The van der Waals surface area contributed by atoms with E-state index in [1.54, 1.807) is 0 Å². The summed E-state index contributed by atoms with van der Waals surface area (Å²) in [6, 6.07) is 2.20. The van der Waals surface area contributed by atoms with E-state index in [4.69, 9.17) is 0 Å². The van der Waals surface area contributed by atoms with Crippen LogP contribution in [0, 0.1) is 0 Å². The van der Waals surface area contributed by atoms with Crippen molar-refractivity contribution in [2.45, 2.75) is 50.2 Å². The van der Waals surface area contributed by atoms with Gasteiger partial charge in [0.05, 0.1) is 0 Å². The first-order valence-corrected chi connectivity index (χ1v) is 6.59. The molecule has 1 unspecified atom stereocenters. The van der Waals surface area contributed by atoms with Gasteiger partial charge in [0, 0.05) is 38.3 Å². The molecule has 3 rings (SSSR count). The Morgan fingerprint density at radius 3 is 2.44 bits per heavy atom. The number of aliphatic imine (C=N–C) groups is 1. The van der Waals surface area contributed by atoms with Crippen LogP contribution in [0.3, 0.4) is 0 Å². The number of nitrogens with one attached hydrogen (secondary N) is 2. The van der Waals surface area contributed by atoms with Crippen molar-refractivity contribution in [3.63, 3.8) is 0 Å². The standard InChI is InChI=1S/C12H22N4/c1-13-12(14-9-2-3-9)15-10-6-7-16(8-10)11-4-5-11/h9-11H,2-8H2,1H3,(H2,13,14,15). The van der Waals surface area contributed by atoms with Crippen LogP contribution >= 0.6 is 0 Å². The number of likely N-dealkylation sites (tertiary alicyclic amines) is 1. The molecule has 0 bridgehead atoms. The third-order valence-electron chi connectivity index (χ3n) is 3.77. The summed E-state index contributed by atoms with van der Waals surface area (Å²) in [6.07, 6.45) is 6.71. The van der Waals surface area contributed by atoms with E-state index in [-0.39, 0.29) is 0 Å². The summed E-state index contributed by atoms with van der Waals surface area (Å²) in [5, 5.41) is 6.99. The van der Waals surface area contributed by atoms with Crippen LogP contribution in [0.2, 0.25) is 0 Å². The predicted molar refractivity (Wildman–Crippen MR) is 65.7 cm³/mol. The molecule has 2 saturated carbocycles. The first kappa shape index (κ1) is 10.4. The SMILES string of the molecule is CN=C(NC1CC1)NC1CCN(C2CC2)C1. The van der Waals surface area contributed by atoms with Gasteiger partial charge in [-0.1, -0.05) is 0 Å². The Labute approximate surface area is 97.5 Å². The van der Waals surface area contributed by atoms with Gasteiger partial charge in [-0.15, -0.1) is 0 Å². The molecule has 0 amide bonds. The molecule has 1 aliphatic heterocycles. The zero-order valence-electron chi connectivity index (χ0n) is 10.1. The number of rotatable bonds is 3. The Balaban J connectivity index is 1.46. The van der Waals surface area contributed by atoms with Gasteiger partial charge in [0.1, 0.15) is 0 Å². The monoisotopic (exact) mass is 222 g/mol. The highest BCUT2D eigenvalue weighted by Crippen LogP contribution is 2.29. The minimum atomic E-state index is 0.602. The van der Waals surface area contributed by atoms with Gasteiger partial charge in [-0.3, -0.25) is 9.89 Å². The van der Waals surface area contributed by atoms with Gasteiger partial charge in [0.25, 0.3) is 0 Å². The van der Waals surface area contributed by atoms with Gasteiger partial charge in [0.15, 0.2) is 5.96 Å². The van der Waals surface area contributed by atoms with E-state index in [1.165, 1.54) is 45.2 Å². The number of nitrogens with zero attached hydrogens (tertiary/aromatic N) is 2. The smallest absolute Gasteiger partial charge is 0.191 e. The lowest BCUT2D eigenvalue weighted by Crippen LogP contribution is -2.45. The summed E-state index contributed by atoms with van der Waals surface area (Å²) in [7, 11) is 1.87. The summed E-state index contributed by atoms with van der Waals surface area (Å²) in [4.78, 5) is 6.92. The maximum absolute atomic E-state index is 4.29. The van der Waals surface area contributed by atoms with Crippen LogP contribution in [0.5, 0.6) is 0 Å². The third-order valence-corrected chi connectivity index (χ3v) is 3.77. The Hall–Kier alpha value is -0.770. The zero-order valence-corrected chi connectivity index (χ0v) is 10.1. The summed E-state index contributed by atoms with van der Waals surface area (Å²) < 4.78 is 0. The normalized spacial score (nSPS) is 31.8. The van der Waals surface area contributed by atoms with E-state index < -0.39 is 0 Å². The van der Waals surface area contributed by atoms with E-state index in [2.05, 4.69) is 20.5 Å². The average molecular weight is 222 g/mol. The molecule has 16 heavy (non-hydrogen) atoms. The Morgan fingerprint density at radius 1 is 1.06 bits per heavy atom. The molecule has 3 fully saturated rings. The highest BCUT2D eigenvalue weighted by atomic mass is 15.3. The summed E-state index contributed by atoms with van der Waals surface area (Å²) in [5.41, 5.74) is 0. The van der Waals surface area contributed by atoms with Gasteiger partial charge in [-0.25, -0.2) is 0 Å². The van der Waals surface area contributed by atoms with Crippen molar-refractivity contribution >= 4 is 5.96 Å². The van der Waals surface area contributed by atoms with Gasteiger partial charge in [0.2, 0.25) is 0 Å². The third kappa shape index (κ3) is 2.48. The van der Waals surface area contributed by atoms with Gasteiger partial charge in [-0.05, 0) is 32.1 Å². The molecule has 3 aliphatic rings. The number of hydrogen-bond donors (Lipinski definition) is 2. The molecule has 4 nitrogen and oxygen atoms in total. The van der Waals surface area contributed by atoms with Crippen molar-refractivity contribution < 1.29 is 0 Å². The predicted octanol–water partition coefficient (Wildman–Crippen LogP) is 0.550. The molecule has 1 heterocycles. The van der Waals surface area contributed by atoms with Crippen molar-refractivity contribution in [3.8, 4) is 0 Å². The molecule has 2 N–H and O–H groups in total. The number of guanidine groups is 1. The Morgan fingerprint density at radius 2 is 1.81 bits per heavy atom. The van der Waals surface area contributed by atoms with Crippen LogP contribution in [-0.4, -0.2) is 49.1 Å². The highest BCUT2D eigenvalue weighted by Gasteiger charge is 2.34. The molecule has 90 valence electrons. The molecule has 1 saturated heterocycles. The lowest BCUT2D eigenvalue weighted by atomic mass is 10.3. The van der Waals surface area contributed by atoms with Crippen LogP contribution in [0.25, 0.3) is 0 Å². The van der Waals surface area contributed by atoms with E-state index in [0.29, 0.717) is 12.1 Å². The summed E-state index contributed by atoms with van der Waals surface area (Å²) in [5.74, 6) is 1.00. The van der Waals surface area contributed by atoms with Crippen molar-refractivity contribution in [3.05, 3.63) is 0 Å². The van der Waals surface area contributed by atoms with E-state index >= 15 is 0 Å². The van der Waals surface area contributed by atoms with Crippen LogP contribution in [0.15, 0.2) is 4.99 Å². The Bertz CT molecular complexity index is 281. The second kappa shape index (κ2) is 4.24. The molecule has 0 aromatic carbocycles. The lowest BCUT2D eigenvalue weighted by Gasteiger charge is -2.18. The minimum absolute atomic E-state index is 0.602. The van der Waals surface area contributed by atoms with Crippen molar-refractivity contribution in [1.29, 1.82) is 0 Å². The maximum atomic E-state index is 4.29. The Kier molecular flexibility index (Phi) is 2.75. The van der Waals surface area contributed by atoms with Gasteiger partial charge in [-0.2, -0.15) is 0 Å². The fraction of sp³-hybridized carbons (Fsp3) is 0.917. The summed E-state index contributed by atoms with van der Waals surface area (Å²) >= 11 is 0. The van der Waals surface area contributed by atoms with Crippen LogP contribution in [0.4, 0.5) is 0 Å².